The summed E-state index contributed by atoms with van der Waals surface area (Å²) in [6, 6.07) is 5.23. The zero-order valence-electron chi connectivity index (χ0n) is 7.87. The lowest BCUT2D eigenvalue weighted by atomic mass is 10.0. The Labute approximate surface area is 87.7 Å². The van der Waals surface area contributed by atoms with Crippen LogP contribution in [0.1, 0.15) is 21.5 Å². The number of esters is 1. The lowest BCUT2D eigenvalue weighted by Gasteiger charge is -2.05. The second kappa shape index (κ2) is 4.16. The molecular weight excluding hydrogens is 198 g/mol. The fourth-order valence-electron chi connectivity index (χ4n) is 1.19. The number of thiol groups is 1. The van der Waals surface area contributed by atoms with Gasteiger partial charge in [0.2, 0.25) is 0 Å². The van der Waals surface area contributed by atoms with Crippen LogP contribution in [0.4, 0.5) is 0 Å². The van der Waals surface area contributed by atoms with E-state index in [1.165, 1.54) is 13.2 Å². The van der Waals surface area contributed by atoms with Crippen LogP contribution in [0.15, 0.2) is 17.0 Å². The highest BCUT2D eigenvalue weighted by atomic mass is 32.1. The van der Waals surface area contributed by atoms with Crippen LogP contribution in [-0.4, -0.2) is 13.1 Å². The van der Waals surface area contributed by atoms with Gasteiger partial charge in [-0.3, -0.25) is 0 Å². The van der Waals surface area contributed by atoms with Crippen LogP contribution in [-0.2, 0) is 4.74 Å². The van der Waals surface area contributed by atoms with Crippen LogP contribution in [0.2, 0.25) is 0 Å². The molecule has 0 fully saturated rings. The number of rotatable bonds is 1. The molecule has 0 spiro atoms. The van der Waals surface area contributed by atoms with E-state index in [0.29, 0.717) is 10.5 Å². The van der Waals surface area contributed by atoms with E-state index >= 15 is 0 Å². The second-order valence-corrected chi connectivity index (χ2v) is 3.31. The van der Waals surface area contributed by atoms with E-state index in [4.69, 9.17) is 5.26 Å². The molecule has 0 amide bonds. The van der Waals surface area contributed by atoms with Gasteiger partial charge < -0.3 is 4.74 Å². The molecular formula is C10H9NO2S. The van der Waals surface area contributed by atoms with Gasteiger partial charge >= 0.3 is 5.97 Å². The minimum absolute atomic E-state index is 0.264. The van der Waals surface area contributed by atoms with Crippen LogP contribution in [0.25, 0.3) is 0 Å². The summed E-state index contributed by atoms with van der Waals surface area (Å²) < 4.78 is 4.56. The Morgan fingerprint density at radius 2 is 2.21 bits per heavy atom. The molecule has 0 N–H and O–H groups in total. The summed E-state index contributed by atoms with van der Waals surface area (Å²) in [5.41, 5.74) is 1.33. The second-order valence-electron chi connectivity index (χ2n) is 2.79. The summed E-state index contributed by atoms with van der Waals surface area (Å²) in [6.07, 6.45) is 0. The molecule has 3 nitrogen and oxygen atoms in total. The SMILES string of the molecule is COC(=O)c1cc(S)cc(C)c1C#N. The molecule has 1 rings (SSSR count). The van der Waals surface area contributed by atoms with E-state index in [1.54, 1.807) is 13.0 Å². The molecule has 0 aliphatic carbocycles. The van der Waals surface area contributed by atoms with Crippen molar-refractivity contribution in [2.75, 3.05) is 7.11 Å². The summed E-state index contributed by atoms with van der Waals surface area (Å²) in [7, 11) is 1.28. The van der Waals surface area contributed by atoms with Crippen LogP contribution in [0, 0.1) is 18.3 Å². The minimum Gasteiger partial charge on any atom is -0.465 e. The Morgan fingerprint density at radius 3 is 2.71 bits per heavy atom. The molecule has 0 aliphatic heterocycles. The Kier molecular flexibility index (Phi) is 3.15. The Hall–Kier alpha value is -1.47. The number of hydrogen-bond donors (Lipinski definition) is 1. The maximum atomic E-state index is 11.3. The molecule has 0 atom stereocenters. The fraction of sp³-hybridized carbons (Fsp3) is 0.200. The molecule has 0 heterocycles. The summed E-state index contributed by atoms with van der Waals surface area (Å²) >= 11 is 4.13. The molecule has 0 saturated heterocycles. The largest absolute Gasteiger partial charge is 0.465 e. The van der Waals surface area contributed by atoms with Gasteiger partial charge in [-0.05, 0) is 24.6 Å². The van der Waals surface area contributed by atoms with Gasteiger partial charge in [0, 0.05) is 4.90 Å². The molecule has 14 heavy (non-hydrogen) atoms. The number of hydrogen-bond acceptors (Lipinski definition) is 4. The lowest BCUT2D eigenvalue weighted by Crippen LogP contribution is -2.05. The van der Waals surface area contributed by atoms with Gasteiger partial charge in [-0.2, -0.15) is 5.26 Å². The van der Waals surface area contributed by atoms with Crippen LogP contribution >= 0.6 is 12.6 Å². The smallest absolute Gasteiger partial charge is 0.339 e. The van der Waals surface area contributed by atoms with Crippen LogP contribution < -0.4 is 0 Å². The predicted molar refractivity (Wildman–Crippen MR) is 54.5 cm³/mol. The number of benzene rings is 1. The highest BCUT2D eigenvalue weighted by molar-refractivity contribution is 7.80. The summed E-state index contributed by atoms with van der Waals surface area (Å²) in [5, 5.41) is 8.85. The quantitative estimate of drug-likeness (QED) is 0.565. The monoisotopic (exact) mass is 207 g/mol. The van der Waals surface area contributed by atoms with Gasteiger partial charge in [0.1, 0.15) is 6.07 Å². The molecule has 1 aromatic rings. The Morgan fingerprint density at radius 1 is 1.57 bits per heavy atom. The van der Waals surface area contributed by atoms with Crippen molar-refractivity contribution in [3.05, 3.63) is 28.8 Å². The van der Waals surface area contributed by atoms with Gasteiger partial charge in [0.25, 0.3) is 0 Å². The Bertz CT molecular complexity index is 421. The normalized spacial score (nSPS) is 9.29. The van der Waals surface area contributed by atoms with E-state index in [1.807, 2.05) is 6.07 Å². The zero-order chi connectivity index (χ0) is 10.7. The minimum atomic E-state index is -0.513. The van der Waals surface area contributed by atoms with E-state index < -0.39 is 5.97 Å². The van der Waals surface area contributed by atoms with E-state index in [0.717, 1.165) is 5.56 Å². The first-order valence-corrected chi connectivity index (χ1v) is 4.37. The van der Waals surface area contributed by atoms with Crippen molar-refractivity contribution in [2.45, 2.75) is 11.8 Å². The van der Waals surface area contributed by atoms with Gasteiger partial charge in [0.15, 0.2) is 0 Å². The first-order chi connectivity index (χ1) is 6.60. The van der Waals surface area contributed by atoms with Crippen molar-refractivity contribution in [3.63, 3.8) is 0 Å². The number of nitrogens with zero attached hydrogens (tertiary/aromatic N) is 1. The number of aryl methyl sites for hydroxylation is 1. The molecule has 1 aromatic carbocycles. The highest BCUT2D eigenvalue weighted by Gasteiger charge is 2.14. The molecule has 0 aliphatic rings. The molecule has 0 aromatic heterocycles. The predicted octanol–water partition coefficient (Wildman–Crippen LogP) is 1.94. The van der Waals surface area contributed by atoms with E-state index in [9.17, 15) is 4.79 Å². The summed E-state index contributed by atoms with van der Waals surface area (Å²) in [5.74, 6) is -0.513. The lowest BCUT2D eigenvalue weighted by molar-refractivity contribution is 0.0600. The molecule has 0 bridgehead atoms. The van der Waals surface area contributed by atoms with Crippen molar-refractivity contribution in [2.24, 2.45) is 0 Å². The highest BCUT2D eigenvalue weighted by Crippen LogP contribution is 2.19. The maximum absolute atomic E-state index is 11.3. The van der Waals surface area contributed by atoms with E-state index in [2.05, 4.69) is 17.4 Å². The number of ether oxygens (including phenoxy) is 1. The van der Waals surface area contributed by atoms with Gasteiger partial charge in [0.05, 0.1) is 18.2 Å². The topological polar surface area (TPSA) is 50.1 Å². The fourth-order valence-corrected chi connectivity index (χ4v) is 1.51. The Balaban J connectivity index is 3.41. The number of carbonyl (C=O) groups excluding carboxylic acids is 1. The van der Waals surface area contributed by atoms with Crippen molar-refractivity contribution in [1.82, 2.24) is 0 Å². The van der Waals surface area contributed by atoms with Crippen molar-refractivity contribution >= 4 is 18.6 Å². The molecule has 72 valence electrons. The zero-order valence-corrected chi connectivity index (χ0v) is 8.76. The summed E-state index contributed by atoms with van der Waals surface area (Å²) in [4.78, 5) is 11.9. The molecule has 0 unspecified atom stereocenters. The first kappa shape index (κ1) is 10.6. The third kappa shape index (κ3) is 1.88. The summed E-state index contributed by atoms with van der Waals surface area (Å²) in [6.45, 7) is 1.75. The van der Waals surface area contributed by atoms with E-state index in [-0.39, 0.29) is 5.56 Å². The average molecular weight is 207 g/mol. The molecule has 4 heteroatoms. The maximum Gasteiger partial charge on any atom is 0.339 e. The number of nitriles is 1. The third-order valence-electron chi connectivity index (χ3n) is 1.84. The van der Waals surface area contributed by atoms with Crippen molar-refractivity contribution in [3.8, 4) is 6.07 Å². The van der Waals surface area contributed by atoms with Crippen molar-refractivity contribution < 1.29 is 9.53 Å². The standard InChI is InChI=1S/C10H9NO2S/c1-6-3-7(14)4-8(9(6)5-11)10(12)13-2/h3-4,14H,1-2H3. The van der Waals surface area contributed by atoms with Crippen molar-refractivity contribution in [1.29, 1.82) is 5.26 Å². The molecule has 0 saturated carbocycles. The van der Waals surface area contributed by atoms with Gasteiger partial charge in [-0.15, -0.1) is 12.6 Å². The van der Waals surface area contributed by atoms with Gasteiger partial charge in [-0.1, -0.05) is 0 Å². The van der Waals surface area contributed by atoms with Crippen LogP contribution in [0.5, 0.6) is 0 Å². The average Bonchev–Trinajstić information content (AvgIpc) is 2.15. The third-order valence-corrected chi connectivity index (χ3v) is 2.10. The number of carbonyl (C=O) groups is 1. The van der Waals surface area contributed by atoms with Gasteiger partial charge in [-0.25, -0.2) is 4.79 Å². The number of methoxy groups -OCH3 is 1. The first-order valence-electron chi connectivity index (χ1n) is 3.92. The van der Waals surface area contributed by atoms with Crippen LogP contribution in [0.3, 0.4) is 0 Å². The molecule has 0 radical (unpaired) electrons.